The molecule has 82 valence electrons. The van der Waals surface area contributed by atoms with E-state index in [1.165, 1.54) is 0 Å². The minimum absolute atomic E-state index is 0.144. The first-order valence-electron chi connectivity index (χ1n) is 5.35. The van der Waals surface area contributed by atoms with Gasteiger partial charge in [-0.1, -0.05) is 12.0 Å². The van der Waals surface area contributed by atoms with Gasteiger partial charge in [-0.2, -0.15) is 0 Å². The van der Waals surface area contributed by atoms with Gasteiger partial charge in [0.25, 0.3) is 0 Å². The molecule has 1 aromatic rings. The van der Waals surface area contributed by atoms with Crippen LogP contribution in [0.3, 0.4) is 0 Å². The van der Waals surface area contributed by atoms with E-state index in [4.69, 9.17) is 5.73 Å². The summed E-state index contributed by atoms with van der Waals surface area (Å²) in [6.07, 6.45) is 1.88. The van der Waals surface area contributed by atoms with Gasteiger partial charge in [-0.25, -0.2) is 0 Å². The number of amides is 1. The van der Waals surface area contributed by atoms with E-state index >= 15 is 0 Å². The molecule has 1 heterocycles. The number of fused-ring (bicyclic) bond motifs is 1. The molecule has 0 atom stereocenters. The second-order valence-corrected chi connectivity index (χ2v) is 3.78. The van der Waals surface area contributed by atoms with Gasteiger partial charge in [-0.3, -0.25) is 4.79 Å². The van der Waals surface area contributed by atoms with Gasteiger partial charge < -0.3 is 10.6 Å². The number of hydrogen-bond donors (Lipinski definition) is 1. The third kappa shape index (κ3) is 1.74. The van der Waals surface area contributed by atoms with Crippen molar-refractivity contribution < 1.29 is 4.79 Å². The van der Waals surface area contributed by atoms with E-state index in [0.29, 0.717) is 0 Å². The van der Waals surface area contributed by atoms with Crippen LogP contribution in [0.5, 0.6) is 0 Å². The molecule has 3 nitrogen and oxygen atoms in total. The van der Waals surface area contributed by atoms with E-state index in [0.717, 1.165) is 36.3 Å². The van der Waals surface area contributed by atoms with Gasteiger partial charge in [0.05, 0.1) is 0 Å². The number of rotatable bonds is 0. The van der Waals surface area contributed by atoms with Gasteiger partial charge >= 0.3 is 5.91 Å². The molecule has 0 saturated carbocycles. The van der Waals surface area contributed by atoms with E-state index in [-0.39, 0.29) is 5.91 Å². The van der Waals surface area contributed by atoms with Gasteiger partial charge in [-0.05, 0) is 43.4 Å². The lowest BCUT2D eigenvalue weighted by atomic mass is 10.00. The number of nitrogens with zero attached hydrogens (tertiary/aromatic N) is 1. The van der Waals surface area contributed by atoms with Crippen LogP contribution in [-0.2, 0) is 11.2 Å². The van der Waals surface area contributed by atoms with Gasteiger partial charge in [0.1, 0.15) is 0 Å². The molecule has 1 aliphatic rings. The average Bonchev–Trinajstić information content (AvgIpc) is 2.29. The fourth-order valence-corrected chi connectivity index (χ4v) is 2.04. The lowest BCUT2D eigenvalue weighted by Gasteiger charge is -2.28. The predicted molar refractivity (Wildman–Crippen MR) is 65.0 cm³/mol. The summed E-state index contributed by atoms with van der Waals surface area (Å²) in [6, 6.07) is 5.68. The van der Waals surface area contributed by atoms with Crippen molar-refractivity contribution in [2.45, 2.75) is 19.8 Å². The zero-order chi connectivity index (χ0) is 11.5. The molecule has 1 aliphatic heterocycles. The van der Waals surface area contributed by atoms with Crippen molar-refractivity contribution in [1.29, 1.82) is 0 Å². The molecule has 2 N–H and O–H groups in total. The standard InChI is InChI=1S/C13H14N2O/c1-2-5-13(16)15-9-4-6-10-11(14)7-3-8-12(10)15/h3,7-8H,4,6,9,14H2,1H3. The minimum Gasteiger partial charge on any atom is -0.398 e. The minimum atomic E-state index is -0.144. The topological polar surface area (TPSA) is 46.3 Å². The van der Waals surface area contributed by atoms with Crippen molar-refractivity contribution in [2.75, 3.05) is 17.2 Å². The van der Waals surface area contributed by atoms with E-state index in [2.05, 4.69) is 11.8 Å². The molecule has 0 aromatic heterocycles. The van der Waals surface area contributed by atoms with Crippen LogP contribution >= 0.6 is 0 Å². The Morgan fingerprint density at radius 1 is 1.50 bits per heavy atom. The molecule has 1 aromatic carbocycles. The Morgan fingerprint density at radius 3 is 3.06 bits per heavy atom. The smallest absolute Gasteiger partial charge is 0.302 e. The molecular weight excluding hydrogens is 200 g/mol. The van der Waals surface area contributed by atoms with Crippen molar-refractivity contribution in [3.05, 3.63) is 23.8 Å². The molecule has 0 saturated heterocycles. The van der Waals surface area contributed by atoms with Crippen LogP contribution in [0.25, 0.3) is 0 Å². The maximum Gasteiger partial charge on any atom is 0.302 e. The first-order chi connectivity index (χ1) is 7.74. The average molecular weight is 214 g/mol. The third-order valence-corrected chi connectivity index (χ3v) is 2.76. The zero-order valence-corrected chi connectivity index (χ0v) is 9.29. The number of nitrogens with two attached hydrogens (primary N) is 1. The van der Waals surface area contributed by atoms with Gasteiger partial charge in [-0.15, -0.1) is 0 Å². The lowest BCUT2D eigenvalue weighted by molar-refractivity contribution is -0.113. The lowest BCUT2D eigenvalue weighted by Crippen LogP contribution is -2.34. The van der Waals surface area contributed by atoms with Crippen molar-refractivity contribution in [3.63, 3.8) is 0 Å². The highest BCUT2D eigenvalue weighted by molar-refractivity contribution is 6.06. The van der Waals surface area contributed by atoms with E-state index in [1.54, 1.807) is 11.8 Å². The van der Waals surface area contributed by atoms with Gasteiger partial charge in [0.2, 0.25) is 0 Å². The first kappa shape index (κ1) is 10.6. The summed E-state index contributed by atoms with van der Waals surface area (Å²) in [7, 11) is 0. The van der Waals surface area contributed by atoms with Crippen LogP contribution in [0, 0.1) is 11.8 Å². The Kier molecular flexibility index (Phi) is 2.82. The SMILES string of the molecule is CC#CC(=O)N1CCCc2c(N)cccc21. The Bertz CT molecular complexity index is 482. The van der Waals surface area contributed by atoms with Crippen molar-refractivity contribution in [2.24, 2.45) is 0 Å². The van der Waals surface area contributed by atoms with Crippen molar-refractivity contribution >= 4 is 17.3 Å². The molecular formula is C13H14N2O. The summed E-state index contributed by atoms with van der Waals surface area (Å²) in [5, 5.41) is 0. The second-order valence-electron chi connectivity index (χ2n) is 3.78. The number of carbonyl (C=O) groups excluding carboxylic acids is 1. The monoisotopic (exact) mass is 214 g/mol. The van der Waals surface area contributed by atoms with Gasteiger partial charge in [0, 0.05) is 17.9 Å². The highest BCUT2D eigenvalue weighted by Gasteiger charge is 2.22. The number of hydrogen-bond acceptors (Lipinski definition) is 2. The summed E-state index contributed by atoms with van der Waals surface area (Å²) < 4.78 is 0. The van der Waals surface area contributed by atoms with Crippen LogP contribution < -0.4 is 10.6 Å². The molecule has 16 heavy (non-hydrogen) atoms. The number of carbonyl (C=O) groups is 1. The fourth-order valence-electron chi connectivity index (χ4n) is 2.04. The highest BCUT2D eigenvalue weighted by atomic mass is 16.2. The maximum atomic E-state index is 11.8. The summed E-state index contributed by atoms with van der Waals surface area (Å²) >= 11 is 0. The van der Waals surface area contributed by atoms with Crippen molar-refractivity contribution in [1.82, 2.24) is 0 Å². The summed E-state index contributed by atoms with van der Waals surface area (Å²) in [5.41, 5.74) is 8.65. The van der Waals surface area contributed by atoms with Gasteiger partial charge in [0.15, 0.2) is 0 Å². The maximum absolute atomic E-state index is 11.8. The Labute approximate surface area is 95.2 Å². The Balaban J connectivity index is 2.43. The number of nitrogen functional groups attached to an aromatic ring is 1. The molecule has 0 spiro atoms. The quantitative estimate of drug-likeness (QED) is 0.526. The van der Waals surface area contributed by atoms with Crippen LogP contribution in [0.2, 0.25) is 0 Å². The predicted octanol–water partition coefficient (Wildman–Crippen LogP) is 1.57. The van der Waals surface area contributed by atoms with Crippen molar-refractivity contribution in [3.8, 4) is 11.8 Å². The van der Waals surface area contributed by atoms with Crippen LogP contribution in [0.4, 0.5) is 11.4 Å². The Morgan fingerprint density at radius 2 is 2.31 bits per heavy atom. The largest absolute Gasteiger partial charge is 0.398 e. The van der Waals surface area contributed by atoms with E-state index < -0.39 is 0 Å². The molecule has 0 aliphatic carbocycles. The summed E-state index contributed by atoms with van der Waals surface area (Å²) in [5.74, 6) is 5.07. The molecule has 2 rings (SSSR count). The third-order valence-electron chi connectivity index (χ3n) is 2.76. The fraction of sp³-hybridized carbons (Fsp3) is 0.308. The summed E-state index contributed by atoms with van der Waals surface area (Å²) in [4.78, 5) is 13.5. The molecule has 3 heteroatoms. The second kappa shape index (κ2) is 4.28. The zero-order valence-electron chi connectivity index (χ0n) is 9.29. The molecule has 0 radical (unpaired) electrons. The molecule has 0 bridgehead atoms. The number of anilines is 2. The van der Waals surface area contributed by atoms with Crippen LogP contribution in [-0.4, -0.2) is 12.5 Å². The molecule has 1 amide bonds. The van der Waals surface area contributed by atoms with Crippen LogP contribution in [0.15, 0.2) is 18.2 Å². The number of benzene rings is 1. The Hall–Kier alpha value is -1.95. The van der Waals surface area contributed by atoms with E-state index in [1.807, 2.05) is 18.2 Å². The highest BCUT2D eigenvalue weighted by Crippen LogP contribution is 2.31. The van der Waals surface area contributed by atoms with E-state index in [9.17, 15) is 4.79 Å². The normalized spacial score (nSPS) is 13.7. The molecule has 0 unspecified atom stereocenters. The summed E-state index contributed by atoms with van der Waals surface area (Å²) in [6.45, 7) is 2.39. The van der Waals surface area contributed by atoms with Crippen LogP contribution in [0.1, 0.15) is 18.9 Å². The first-order valence-corrected chi connectivity index (χ1v) is 5.35. The molecule has 0 fully saturated rings.